The number of aryl methyl sites for hydroxylation is 1. The van der Waals surface area contributed by atoms with Gasteiger partial charge in [0, 0.05) is 18.5 Å². The van der Waals surface area contributed by atoms with Gasteiger partial charge in [-0.1, -0.05) is 18.2 Å². The minimum atomic E-state index is -3.43. The first-order valence-corrected chi connectivity index (χ1v) is 8.70. The van der Waals surface area contributed by atoms with Crippen molar-refractivity contribution in [3.05, 3.63) is 29.8 Å². The molecule has 1 aromatic carbocycles. The first-order valence-electron chi connectivity index (χ1n) is 6.85. The van der Waals surface area contributed by atoms with Gasteiger partial charge in [0.15, 0.2) is 0 Å². The number of anilines is 1. The molecule has 0 heterocycles. The van der Waals surface area contributed by atoms with E-state index in [4.69, 9.17) is 0 Å². The molecule has 0 saturated heterocycles. The van der Waals surface area contributed by atoms with E-state index in [0.717, 1.165) is 11.8 Å². The largest absolute Gasteiger partial charge is 0.351 e. The van der Waals surface area contributed by atoms with Crippen molar-refractivity contribution in [3.8, 4) is 0 Å². The second kappa shape index (κ2) is 6.47. The summed E-state index contributed by atoms with van der Waals surface area (Å²) in [6.45, 7) is 7.65. The summed E-state index contributed by atoms with van der Waals surface area (Å²) in [7, 11) is -3.43. The molecule has 0 unspecified atom stereocenters. The molecule has 1 aromatic rings. The molecule has 0 radical (unpaired) electrons. The molecule has 0 aromatic heterocycles. The van der Waals surface area contributed by atoms with E-state index in [1.807, 2.05) is 39.8 Å². The van der Waals surface area contributed by atoms with Gasteiger partial charge in [-0.15, -0.1) is 0 Å². The fraction of sp³-hybridized carbons (Fsp3) is 0.533. The second-order valence-electron chi connectivity index (χ2n) is 6.17. The minimum absolute atomic E-state index is 0.124. The van der Waals surface area contributed by atoms with E-state index in [2.05, 4.69) is 5.32 Å². The lowest BCUT2D eigenvalue weighted by Gasteiger charge is -2.25. The van der Waals surface area contributed by atoms with Crippen molar-refractivity contribution in [2.45, 2.75) is 39.7 Å². The first-order chi connectivity index (χ1) is 9.50. The predicted molar refractivity (Wildman–Crippen MR) is 85.9 cm³/mol. The van der Waals surface area contributed by atoms with Gasteiger partial charge in [-0.3, -0.25) is 9.10 Å². The van der Waals surface area contributed by atoms with Gasteiger partial charge in [0.2, 0.25) is 15.9 Å². The van der Waals surface area contributed by atoms with Crippen LogP contribution in [-0.4, -0.2) is 32.7 Å². The molecule has 1 amide bonds. The summed E-state index contributed by atoms with van der Waals surface area (Å²) in [6.07, 6.45) is 1.28. The van der Waals surface area contributed by atoms with Crippen molar-refractivity contribution in [1.82, 2.24) is 5.32 Å². The van der Waals surface area contributed by atoms with Gasteiger partial charge in [0.1, 0.15) is 0 Å². The van der Waals surface area contributed by atoms with Gasteiger partial charge in [0.05, 0.1) is 11.9 Å². The van der Waals surface area contributed by atoms with E-state index in [1.54, 1.807) is 12.1 Å². The van der Waals surface area contributed by atoms with Crippen LogP contribution in [0.15, 0.2) is 24.3 Å². The Bertz CT molecular complexity index is 604. The van der Waals surface area contributed by atoms with Crippen LogP contribution < -0.4 is 9.62 Å². The van der Waals surface area contributed by atoms with Gasteiger partial charge in [0.25, 0.3) is 0 Å². The van der Waals surface area contributed by atoms with Crippen molar-refractivity contribution in [2.75, 3.05) is 17.1 Å². The first kappa shape index (κ1) is 17.5. The third-order valence-corrected chi connectivity index (χ3v) is 4.02. The van der Waals surface area contributed by atoms with Gasteiger partial charge in [-0.2, -0.15) is 0 Å². The molecular weight excluding hydrogens is 288 g/mol. The molecule has 0 aliphatic rings. The maximum absolute atomic E-state index is 12.0. The highest BCUT2D eigenvalue weighted by Gasteiger charge is 2.21. The van der Waals surface area contributed by atoms with Crippen LogP contribution in [0.2, 0.25) is 0 Å². The molecule has 0 fully saturated rings. The molecule has 6 heteroatoms. The van der Waals surface area contributed by atoms with E-state index in [0.29, 0.717) is 5.69 Å². The fourth-order valence-corrected chi connectivity index (χ4v) is 2.98. The summed E-state index contributed by atoms with van der Waals surface area (Å²) in [5, 5.41) is 2.83. The highest BCUT2D eigenvalue weighted by molar-refractivity contribution is 7.92. The SMILES string of the molecule is Cc1ccccc1N(CCC(=O)NC(C)(C)C)S(C)(=O)=O. The molecule has 0 spiro atoms. The van der Waals surface area contributed by atoms with Crippen molar-refractivity contribution < 1.29 is 13.2 Å². The molecule has 0 aliphatic carbocycles. The average Bonchev–Trinajstić information content (AvgIpc) is 2.27. The highest BCUT2D eigenvalue weighted by atomic mass is 32.2. The molecule has 0 saturated carbocycles. The van der Waals surface area contributed by atoms with E-state index in [-0.39, 0.29) is 24.4 Å². The number of rotatable bonds is 5. The third kappa shape index (κ3) is 5.75. The highest BCUT2D eigenvalue weighted by Crippen LogP contribution is 2.22. The maximum Gasteiger partial charge on any atom is 0.232 e. The lowest BCUT2D eigenvalue weighted by molar-refractivity contribution is -0.122. The van der Waals surface area contributed by atoms with Gasteiger partial charge in [-0.05, 0) is 39.3 Å². The van der Waals surface area contributed by atoms with E-state index in [9.17, 15) is 13.2 Å². The van der Waals surface area contributed by atoms with E-state index >= 15 is 0 Å². The van der Waals surface area contributed by atoms with Crippen LogP contribution in [0.4, 0.5) is 5.69 Å². The minimum Gasteiger partial charge on any atom is -0.351 e. The Balaban J connectivity index is 2.88. The summed E-state index contributed by atoms with van der Waals surface area (Å²) >= 11 is 0. The molecule has 1 rings (SSSR count). The van der Waals surface area contributed by atoms with Crippen LogP contribution in [0.25, 0.3) is 0 Å². The summed E-state index contributed by atoms with van der Waals surface area (Å²) in [6, 6.07) is 7.24. The van der Waals surface area contributed by atoms with Gasteiger partial charge in [-0.25, -0.2) is 8.42 Å². The summed E-state index contributed by atoms with van der Waals surface area (Å²) in [4.78, 5) is 11.9. The van der Waals surface area contributed by atoms with Crippen LogP contribution in [-0.2, 0) is 14.8 Å². The molecule has 21 heavy (non-hydrogen) atoms. The average molecular weight is 312 g/mol. The standard InChI is InChI=1S/C15H24N2O3S/c1-12-8-6-7-9-13(12)17(21(5,19)20)11-10-14(18)16-15(2,3)4/h6-9H,10-11H2,1-5H3,(H,16,18). The number of carbonyl (C=O) groups excluding carboxylic acids is 1. The molecule has 0 aliphatic heterocycles. The van der Waals surface area contributed by atoms with Crippen LogP contribution in [0, 0.1) is 6.92 Å². The number of hydrogen-bond donors (Lipinski definition) is 1. The lowest BCUT2D eigenvalue weighted by Crippen LogP contribution is -2.42. The molecule has 1 N–H and O–H groups in total. The van der Waals surface area contributed by atoms with E-state index in [1.165, 1.54) is 4.31 Å². The molecule has 118 valence electrons. The number of sulfonamides is 1. The normalized spacial score (nSPS) is 12.0. The molecule has 5 nitrogen and oxygen atoms in total. The van der Waals surface area contributed by atoms with Crippen LogP contribution >= 0.6 is 0 Å². The number of benzene rings is 1. The zero-order chi connectivity index (χ0) is 16.3. The maximum atomic E-state index is 12.0. The lowest BCUT2D eigenvalue weighted by atomic mass is 10.1. The Morgan fingerprint density at radius 2 is 1.81 bits per heavy atom. The zero-order valence-corrected chi connectivity index (χ0v) is 14.1. The Kier molecular flexibility index (Phi) is 5.39. The van der Waals surface area contributed by atoms with Crippen molar-refractivity contribution in [2.24, 2.45) is 0 Å². The number of carbonyl (C=O) groups is 1. The number of nitrogens with zero attached hydrogens (tertiary/aromatic N) is 1. The zero-order valence-electron chi connectivity index (χ0n) is 13.3. The van der Waals surface area contributed by atoms with Crippen LogP contribution in [0.3, 0.4) is 0 Å². The topological polar surface area (TPSA) is 66.5 Å². The number of amides is 1. The number of nitrogens with one attached hydrogen (secondary N) is 1. The third-order valence-electron chi connectivity index (χ3n) is 2.84. The van der Waals surface area contributed by atoms with E-state index < -0.39 is 10.0 Å². The molecule has 0 atom stereocenters. The molecule has 0 bridgehead atoms. The Labute approximate surface area is 127 Å². The Morgan fingerprint density at radius 3 is 2.29 bits per heavy atom. The number of para-hydroxylation sites is 1. The van der Waals surface area contributed by atoms with Crippen molar-refractivity contribution >= 4 is 21.6 Å². The number of hydrogen-bond acceptors (Lipinski definition) is 3. The smallest absolute Gasteiger partial charge is 0.232 e. The van der Waals surface area contributed by atoms with Crippen molar-refractivity contribution in [1.29, 1.82) is 0 Å². The van der Waals surface area contributed by atoms with Crippen LogP contribution in [0.5, 0.6) is 0 Å². The molecular formula is C15H24N2O3S. The van der Waals surface area contributed by atoms with Gasteiger partial charge < -0.3 is 5.32 Å². The summed E-state index contributed by atoms with van der Waals surface area (Å²) in [5.74, 6) is -0.162. The van der Waals surface area contributed by atoms with Crippen LogP contribution in [0.1, 0.15) is 32.8 Å². The monoisotopic (exact) mass is 312 g/mol. The summed E-state index contributed by atoms with van der Waals surface area (Å²) < 4.78 is 25.2. The Hall–Kier alpha value is -1.56. The second-order valence-corrected chi connectivity index (χ2v) is 8.08. The predicted octanol–water partition coefficient (Wildman–Crippen LogP) is 2.07. The Morgan fingerprint density at radius 1 is 1.24 bits per heavy atom. The quantitative estimate of drug-likeness (QED) is 0.905. The summed E-state index contributed by atoms with van der Waals surface area (Å²) in [5.41, 5.74) is 1.15. The van der Waals surface area contributed by atoms with Crippen molar-refractivity contribution in [3.63, 3.8) is 0 Å². The van der Waals surface area contributed by atoms with Gasteiger partial charge >= 0.3 is 0 Å². The fourth-order valence-electron chi connectivity index (χ4n) is 1.99.